The Labute approximate surface area is 347 Å². The molecule has 0 spiro atoms. The number of carbonyl (C=O) groups is 6. The van der Waals surface area contributed by atoms with Gasteiger partial charge in [0, 0.05) is 23.5 Å². The van der Waals surface area contributed by atoms with Gasteiger partial charge in [0.15, 0.2) is 12.1 Å². The lowest BCUT2D eigenvalue weighted by molar-refractivity contribution is -0.146. The number of hydrogen-bond acceptors (Lipinski definition) is 16. The number of hydrazone groups is 2. The summed E-state index contributed by atoms with van der Waals surface area (Å²) >= 11 is 0. The molecule has 2 aliphatic rings. The number of rotatable bonds is 14. The number of amides is 6. The topological polar surface area (TPSA) is 260 Å². The molecule has 4 aromatic rings. The molecule has 2 N–H and O–H groups in total. The number of imide groups is 2. The van der Waals surface area contributed by atoms with Crippen molar-refractivity contribution in [2.24, 2.45) is 30.7 Å². The van der Waals surface area contributed by atoms with E-state index < -0.39 is 70.2 Å². The smallest absolute Gasteiger partial charge is 0.282 e. The minimum atomic E-state index is -4.03. The van der Waals surface area contributed by atoms with Gasteiger partial charge in [0.2, 0.25) is 21.7 Å². The second kappa shape index (κ2) is 18.4. The van der Waals surface area contributed by atoms with Gasteiger partial charge in [0.1, 0.15) is 24.3 Å². The normalized spacial score (nSPS) is 16.5. The van der Waals surface area contributed by atoms with E-state index in [9.17, 15) is 37.2 Å². The van der Waals surface area contributed by atoms with Crippen LogP contribution in [0.2, 0.25) is 0 Å². The molecule has 0 saturated carbocycles. The fourth-order valence-corrected chi connectivity index (χ4v) is 7.00. The molecular formula is C40H36N10O10S. The van der Waals surface area contributed by atoms with Gasteiger partial charge >= 0.3 is 0 Å². The van der Waals surface area contributed by atoms with Gasteiger partial charge in [-0.2, -0.15) is 40.7 Å². The van der Waals surface area contributed by atoms with Crippen molar-refractivity contribution in [1.29, 1.82) is 0 Å². The van der Waals surface area contributed by atoms with Gasteiger partial charge in [-0.3, -0.25) is 28.8 Å². The summed E-state index contributed by atoms with van der Waals surface area (Å²) < 4.78 is 37.0. The van der Waals surface area contributed by atoms with Crippen LogP contribution >= 0.6 is 0 Å². The van der Waals surface area contributed by atoms with Crippen LogP contribution in [0, 0.1) is 0 Å². The van der Waals surface area contributed by atoms with Crippen LogP contribution in [0.25, 0.3) is 0 Å². The Morgan fingerprint density at radius 2 is 1.00 bits per heavy atom. The third kappa shape index (κ3) is 10.1. The molecule has 0 radical (unpaired) electrons. The third-order valence-electron chi connectivity index (χ3n) is 8.87. The van der Waals surface area contributed by atoms with E-state index in [0.717, 1.165) is 0 Å². The monoisotopic (exact) mass is 848 g/mol. The van der Waals surface area contributed by atoms with Crippen molar-refractivity contribution in [3.8, 4) is 11.5 Å². The first kappa shape index (κ1) is 42.8. The molecule has 2 aliphatic heterocycles. The van der Waals surface area contributed by atoms with Crippen LogP contribution in [0.15, 0.2) is 138 Å². The Hall–Kier alpha value is -7.81. The molecule has 6 rings (SSSR count). The summed E-state index contributed by atoms with van der Waals surface area (Å²) in [5, 5.41) is 30.3. The number of nitrogens with one attached hydrogen (secondary N) is 2. The SMILES string of the molecule is COc1cccc(NC(=O)CC(=O)N2N=C(C)[C@H](N=Nc3ccc(S(=O)(=O)c4ccc(N=N[C@@H]5C(=O)N(C(=O)CC(=O)Nc6cccc(OC)c6)N=C5C)cc4)cc3)C2=O)c1. The van der Waals surface area contributed by atoms with Crippen LogP contribution < -0.4 is 20.1 Å². The lowest BCUT2D eigenvalue weighted by Gasteiger charge is -2.11. The molecule has 0 fully saturated rings. The Morgan fingerprint density at radius 1 is 0.623 bits per heavy atom. The largest absolute Gasteiger partial charge is 0.497 e. The summed E-state index contributed by atoms with van der Waals surface area (Å²) in [6, 6.07) is 21.3. The predicted octanol–water partition coefficient (Wildman–Crippen LogP) is 4.99. The maximum atomic E-state index is 13.4. The van der Waals surface area contributed by atoms with Gasteiger partial charge in [0.25, 0.3) is 23.6 Å². The molecule has 6 amide bonds. The average molecular weight is 849 g/mol. The van der Waals surface area contributed by atoms with E-state index in [2.05, 4.69) is 41.3 Å². The summed E-state index contributed by atoms with van der Waals surface area (Å²) in [7, 11) is -1.09. The van der Waals surface area contributed by atoms with Crippen molar-refractivity contribution in [2.45, 2.75) is 48.6 Å². The van der Waals surface area contributed by atoms with Crippen molar-refractivity contribution in [1.82, 2.24) is 10.0 Å². The minimum Gasteiger partial charge on any atom is -0.497 e. The van der Waals surface area contributed by atoms with Crippen LogP contribution in [0.3, 0.4) is 0 Å². The molecule has 0 saturated heterocycles. The molecule has 0 bridgehead atoms. The lowest BCUT2D eigenvalue weighted by atomic mass is 10.2. The van der Waals surface area contributed by atoms with Crippen molar-refractivity contribution in [2.75, 3.05) is 24.9 Å². The first-order valence-corrected chi connectivity index (χ1v) is 19.6. The molecule has 2 heterocycles. The van der Waals surface area contributed by atoms with E-state index in [1.807, 2.05) is 0 Å². The van der Waals surface area contributed by atoms with E-state index in [1.165, 1.54) is 76.6 Å². The molecule has 0 aromatic heterocycles. The molecule has 21 heteroatoms. The van der Waals surface area contributed by atoms with Crippen LogP contribution in [0.1, 0.15) is 26.7 Å². The average Bonchev–Trinajstić information content (AvgIpc) is 3.70. The van der Waals surface area contributed by atoms with Gasteiger partial charge in [-0.25, -0.2) is 8.42 Å². The maximum Gasteiger partial charge on any atom is 0.282 e. The standard InChI is InChI=1S/C40H36N10O10S/c1-23-37(39(55)49(47-23)35(53)21-33(51)41-27-7-5-9-29(19-27)59-3)45-43-25-11-15-31(16-12-25)61(57,58)32-17-13-26(14-18-32)44-46-38-24(2)48-50(40(38)56)36(54)22-34(52)42-28-8-6-10-30(20-28)60-4/h5-20,37-38H,21-22H2,1-4H3,(H,41,51)(H,42,52)/t37-,38-/m0/s1. The van der Waals surface area contributed by atoms with Crippen LogP contribution in [0.5, 0.6) is 11.5 Å². The highest BCUT2D eigenvalue weighted by atomic mass is 32.2. The van der Waals surface area contributed by atoms with Crippen LogP contribution in [-0.2, 0) is 38.6 Å². The van der Waals surface area contributed by atoms with Crippen molar-refractivity contribution < 1.29 is 46.7 Å². The van der Waals surface area contributed by atoms with Crippen LogP contribution in [-0.4, -0.2) is 91.6 Å². The molecule has 4 aromatic carbocycles. The highest BCUT2D eigenvalue weighted by Crippen LogP contribution is 2.27. The second-order valence-electron chi connectivity index (χ2n) is 13.2. The van der Waals surface area contributed by atoms with E-state index in [-0.39, 0.29) is 32.6 Å². The summed E-state index contributed by atoms with van der Waals surface area (Å²) in [4.78, 5) is 76.3. The Morgan fingerprint density at radius 3 is 1.36 bits per heavy atom. The van der Waals surface area contributed by atoms with Gasteiger partial charge in [-0.1, -0.05) is 12.1 Å². The first-order valence-electron chi connectivity index (χ1n) is 18.2. The van der Waals surface area contributed by atoms with E-state index in [4.69, 9.17) is 9.47 Å². The molecule has 61 heavy (non-hydrogen) atoms. The number of azo groups is 2. The van der Waals surface area contributed by atoms with Crippen molar-refractivity contribution >= 4 is 79.5 Å². The summed E-state index contributed by atoms with van der Waals surface area (Å²) in [6.45, 7) is 2.95. The second-order valence-corrected chi connectivity index (χ2v) is 15.2. The van der Waals surface area contributed by atoms with E-state index >= 15 is 0 Å². The zero-order valence-electron chi connectivity index (χ0n) is 32.9. The Bertz CT molecular complexity index is 2470. The molecule has 312 valence electrons. The number of benzene rings is 4. The Balaban J connectivity index is 1.01. The number of hydrogen-bond donors (Lipinski definition) is 2. The van der Waals surface area contributed by atoms with E-state index in [0.29, 0.717) is 32.9 Å². The van der Waals surface area contributed by atoms with Gasteiger partial charge in [-0.15, -0.1) is 0 Å². The fraction of sp³-hybridized carbons (Fsp3) is 0.200. The van der Waals surface area contributed by atoms with Gasteiger partial charge < -0.3 is 20.1 Å². The number of methoxy groups -OCH3 is 2. The summed E-state index contributed by atoms with van der Waals surface area (Å²) in [6.07, 6.45) is -1.33. The molecule has 2 atom stereocenters. The molecule has 0 unspecified atom stereocenters. The number of anilines is 2. The molecule has 0 aliphatic carbocycles. The van der Waals surface area contributed by atoms with E-state index in [1.54, 1.807) is 48.5 Å². The first-order chi connectivity index (χ1) is 29.2. The van der Waals surface area contributed by atoms with Crippen molar-refractivity contribution in [3.63, 3.8) is 0 Å². The minimum absolute atomic E-state index is 0.0789. The molecular weight excluding hydrogens is 813 g/mol. The maximum absolute atomic E-state index is 13.4. The van der Waals surface area contributed by atoms with Crippen LogP contribution in [0.4, 0.5) is 22.7 Å². The number of sulfone groups is 1. The zero-order chi connectivity index (χ0) is 43.8. The van der Waals surface area contributed by atoms with Crippen molar-refractivity contribution in [3.05, 3.63) is 97.1 Å². The Kier molecular flexibility index (Phi) is 12.9. The highest BCUT2D eigenvalue weighted by Gasteiger charge is 2.39. The number of carbonyl (C=O) groups excluding carboxylic acids is 6. The summed E-state index contributed by atoms with van der Waals surface area (Å²) in [5.74, 6) is -3.68. The summed E-state index contributed by atoms with van der Waals surface area (Å²) in [5.41, 5.74) is 1.53. The zero-order valence-corrected chi connectivity index (χ0v) is 33.7. The third-order valence-corrected chi connectivity index (χ3v) is 10.7. The predicted molar refractivity (Wildman–Crippen MR) is 217 cm³/mol. The van der Waals surface area contributed by atoms with Gasteiger partial charge in [0.05, 0.1) is 46.8 Å². The highest BCUT2D eigenvalue weighted by molar-refractivity contribution is 7.91. The quantitative estimate of drug-likeness (QED) is 0.127. The lowest BCUT2D eigenvalue weighted by Crippen LogP contribution is -2.36. The van der Waals surface area contributed by atoms with Gasteiger partial charge in [-0.05, 0) is 86.6 Å². The number of ether oxygens (including phenoxy) is 2. The fourth-order valence-electron chi connectivity index (χ4n) is 5.74. The molecule has 20 nitrogen and oxygen atoms in total. The number of nitrogens with zero attached hydrogens (tertiary/aromatic N) is 8.